The van der Waals surface area contributed by atoms with Gasteiger partial charge in [-0.05, 0) is 50.5 Å². The van der Waals surface area contributed by atoms with Crippen molar-refractivity contribution in [3.8, 4) is 22.7 Å². The van der Waals surface area contributed by atoms with Crippen molar-refractivity contribution in [3.63, 3.8) is 0 Å². The normalized spacial score (nSPS) is 11.4. The third kappa shape index (κ3) is 3.88. The number of aromatic nitrogens is 6. The van der Waals surface area contributed by atoms with Crippen LogP contribution in [0.3, 0.4) is 0 Å². The zero-order valence-corrected chi connectivity index (χ0v) is 20.3. The summed E-state index contributed by atoms with van der Waals surface area (Å²) in [6.07, 6.45) is 1.45. The molecular weight excluding hydrogens is 524 g/mol. The highest BCUT2D eigenvalue weighted by Crippen LogP contribution is 2.41. The van der Waals surface area contributed by atoms with E-state index in [1.807, 2.05) is 49.4 Å². The number of carbonyl (C=O) groups is 1. The van der Waals surface area contributed by atoms with Gasteiger partial charge in [-0.1, -0.05) is 48.9 Å². The van der Waals surface area contributed by atoms with E-state index in [2.05, 4.69) is 41.5 Å². The maximum Gasteiger partial charge on any atom is 0.355 e. The lowest BCUT2D eigenvalue weighted by Crippen LogP contribution is -2.12. The van der Waals surface area contributed by atoms with Crippen molar-refractivity contribution in [2.75, 3.05) is 0 Å². The number of halogens is 2. The van der Waals surface area contributed by atoms with Gasteiger partial charge in [0.2, 0.25) is 0 Å². The summed E-state index contributed by atoms with van der Waals surface area (Å²) in [5.74, 6) is 0.714. The second-order valence-electron chi connectivity index (χ2n) is 7.68. The number of benzene rings is 2. The number of nitrogens with zero attached hydrogens (tertiary/aromatic N) is 5. The monoisotopic (exact) mass is 540 g/mol. The molecule has 9 nitrogen and oxygen atoms in total. The molecule has 5 rings (SSSR count). The third-order valence-corrected chi connectivity index (χ3v) is 6.54. The Morgan fingerprint density at radius 2 is 2.03 bits per heavy atom. The van der Waals surface area contributed by atoms with E-state index in [1.54, 1.807) is 4.57 Å². The Morgan fingerprint density at radius 3 is 2.74 bits per heavy atom. The molecule has 0 aliphatic carbocycles. The molecule has 0 aliphatic rings. The molecule has 0 fully saturated rings. The molecular formula is C23H18BrClN6O3. The molecule has 3 aromatic heterocycles. The minimum atomic E-state index is -1.11. The number of hydrogen-bond donors (Lipinski definition) is 2. The van der Waals surface area contributed by atoms with Crippen LogP contribution in [0.4, 0.5) is 0 Å². The topological polar surface area (TPSA) is 123 Å². The van der Waals surface area contributed by atoms with Gasteiger partial charge >= 0.3 is 5.97 Å². The van der Waals surface area contributed by atoms with E-state index in [9.17, 15) is 9.90 Å². The van der Waals surface area contributed by atoms with Crippen LogP contribution in [-0.4, -0.2) is 41.3 Å². The molecule has 0 spiro atoms. The largest absolute Gasteiger partial charge is 0.476 e. The van der Waals surface area contributed by atoms with Crippen molar-refractivity contribution in [1.82, 2.24) is 30.2 Å². The first-order chi connectivity index (χ1) is 16.5. The van der Waals surface area contributed by atoms with Crippen molar-refractivity contribution in [2.45, 2.75) is 26.3 Å². The molecule has 5 aromatic rings. The van der Waals surface area contributed by atoms with Gasteiger partial charge in [-0.15, -0.1) is 5.10 Å². The van der Waals surface area contributed by atoms with Crippen LogP contribution in [0.1, 0.15) is 35.2 Å². The summed E-state index contributed by atoms with van der Waals surface area (Å²) in [5, 5.41) is 24.7. The summed E-state index contributed by atoms with van der Waals surface area (Å²) in [6.45, 7) is 2.33. The lowest BCUT2D eigenvalue weighted by molar-refractivity contribution is 0.0685. The Hall–Kier alpha value is -3.50. The van der Waals surface area contributed by atoms with Crippen molar-refractivity contribution < 1.29 is 14.3 Å². The number of carboxylic acids is 1. The van der Waals surface area contributed by atoms with Crippen LogP contribution in [0.25, 0.3) is 33.7 Å². The molecule has 0 bridgehead atoms. The van der Waals surface area contributed by atoms with Gasteiger partial charge in [-0.2, -0.15) is 0 Å². The van der Waals surface area contributed by atoms with E-state index in [0.717, 1.165) is 33.0 Å². The molecule has 3 heterocycles. The quantitative estimate of drug-likeness (QED) is 0.275. The summed E-state index contributed by atoms with van der Waals surface area (Å²) in [6, 6.07) is 13.4. The highest BCUT2D eigenvalue weighted by atomic mass is 79.9. The van der Waals surface area contributed by atoms with Crippen LogP contribution in [0.15, 0.2) is 51.4 Å². The standard InChI is InChI=1S/C23H18BrClN6O3/c1-2-5-17-26-21(25)19(23(32)33)31(17)11-12-8-9-16-15(10-12)18(24)20(34-16)13-6-3-4-7-14(13)22-27-29-30-28-22/h3-4,6-10H,2,5,11H2,1H3,(H,32,33)(H,27,28,29,30). The zero-order chi connectivity index (χ0) is 23.8. The maximum absolute atomic E-state index is 11.8. The summed E-state index contributed by atoms with van der Waals surface area (Å²) in [7, 11) is 0. The number of rotatable bonds is 7. The summed E-state index contributed by atoms with van der Waals surface area (Å²) in [4.78, 5) is 16.1. The fourth-order valence-corrected chi connectivity index (χ4v) is 4.87. The van der Waals surface area contributed by atoms with Gasteiger partial charge in [0.25, 0.3) is 0 Å². The second-order valence-corrected chi connectivity index (χ2v) is 8.83. The Kier molecular flexibility index (Phi) is 5.93. The number of aromatic carboxylic acids is 1. The second kappa shape index (κ2) is 9.03. The molecule has 0 amide bonds. The van der Waals surface area contributed by atoms with Crippen LogP contribution in [0, 0.1) is 0 Å². The number of furan rings is 1. The number of H-pyrrole nitrogens is 1. The van der Waals surface area contributed by atoms with E-state index in [4.69, 9.17) is 16.0 Å². The number of hydrogen-bond acceptors (Lipinski definition) is 6. The fourth-order valence-electron chi connectivity index (χ4n) is 3.99. The number of aromatic amines is 1. The predicted octanol–water partition coefficient (Wildman–Crippen LogP) is 5.59. The van der Waals surface area contributed by atoms with Crippen LogP contribution in [0.2, 0.25) is 5.15 Å². The molecule has 0 unspecified atom stereocenters. The van der Waals surface area contributed by atoms with Gasteiger partial charge in [0.05, 0.1) is 4.47 Å². The number of fused-ring (bicyclic) bond motifs is 1. The Labute approximate surface area is 206 Å². The predicted molar refractivity (Wildman–Crippen MR) is 130 cm³/mol. The summed E-state index contributed by atoms with van der Waals surface area (Å²) >= 11 is 9.84. The molecule has 2 aromatic carbocycles. The van der Waals surface area contributed by atoms with Crippen LogP contribution in [0.5, 0.6) is 0 Å². The lowest BCUT2D eigenvalue weighted by Gasteiger charge is -2.10. The molecule has 2 N–H and O–H groups in total. The van der Waals surface area contributed by atoms with E-state index in [1.165, 1.54) is 0 Å². The van der Waals surface area contributed by atoms with Crippen LogP contribution < -0.4 is 0 Å². The number of aryl methyl sites for hydroxylation is 1. The van der Waals surface area contributed by atoms with E-state index in [-0.39, 0.29) is 10.8 Å². The number of imidazole rings is 1. The maximum atomic E-state index is 11.8. The van der Waals surface area contributed by atoms with Crippen LogP contribution in [-0.2, 0) is 13.0 Å². The highest BCUT2D eigenvalue weighted by molar-refractivity contribution is 9.10. The minimum absolute atomic E-state index is 0.00215. The minimum Gasteiger partial charge on any atom is -0.476 e. The van der Waals surface area contributed by atoms with Gasteiger partial charge in [0, 0.05) is 29.5 Å². The van der Waals surface area contributed by atoms with Gasteiger partial charge in [-0.3, -0.25) is 0 Å². The molecule has 172 valence electrons. The Morgan fingerprint density at radius 1 is 1.24 bits per heavy atom. The van der Waals surface area contributed by atoms with Crippen molar-refractivity contribution in [2.24, 2.45) is 0 Å². The molecule has 0 atom stereocenters. The third-order valence-electron chi connectivity index (χ3n) is 5.48. The van der Waals surface area contributed by atoms with Crippen molar-refractivity contribution in [3.05, 3.63) is 69.2 Å². The average molecular weight is 542 g/mol. The van der Waals surface area contributed by atoms with Gasteiger partial charge < -0.3 is 14.1 Å². The van der Waals surface area contributed by atoms with Gasteiger partial charge in [0.15, 0.2) is 16.7 Å². The van der Waals surface area contributed by atoms with E-state index < -0.39 is 5.97 Å². The van der Waals surface area contributed by atoms with Crippen molar-refractivity contribution >= 4 is 44.5 Å². The highest BCUT2D eigenvalue weighted by Gasteiger charge is 2.23. The number of tetrazole rings is 1. The van der Waals surface area contributed by atoms with E-state index >= 15 is 0 Å². The van der Waals surface area contributed by atoms with E-state index in [0.29, 0.717) is 36.0 Å². The number of carboxylic acid groups (broad SMARTS) is 1. The zero-order valence-electron chi connectivity index (χ0n) is 17.9. The first kappa shape index (κ1) is 22.3. The average Bonchev–Trinajstić information content (AvgIpc) is 3.53. The smallest absolute Gasteiger partial charge is 0.355 e. The lowest BCUT2D eigenvalue weighted by atomic mass is 10.0. The molecule has 0 saturated carbocycles. The Bertz CT molecular complexity index is 1510. The number of nitrogens with one attached hydrogen (secondary N) is 1. The molecule has 34 heavy (non-hydrogen) atoms. The molecule has 0 saturated heterocycles. The summed E-state index contributed by atoms with van der Waals surface area (Å²) < 4.78 is 8.63. The fraction of sp³-hybridized carbons (Fsp3) is 0.174. The molecule has 0 radical (unpaired) electrons. The van der Waals surface area contributed by atoms with Gasteiger partial charge in [-0.25, -0.2) is 14.9 Å². The molecule has 11 heteroatoms. The molecule has 0 aliphatic heterocycles. The van der Waals surface area contributed by atoms with Gasteiger partial charge in [0.1, 0.15) is 17.2 Å². The first-order valence-corrected chi connectivity index (χ1v) is 11.7. The SMILES string of the molecule is CCCc1nc(Cl)c(C(=O)O)n1Cc1ccc2oc(-c3ccccc3-c3nnn[nH]3)c(Br)c2c1. The van der Waals surface area contributed by atoms with Crippen molar-refractivity contribution in [1.29, 1.82) is 0 Å². The Balaban J connectivity index is 1.58. The summed E-state index contributed by atoms with van der Waals surface area (Å²) in [5.41, 5.74) is 3.20. The van der Waals surface area contributed by atoms with Crippen LogP contribution >= 0.6 is 27.5 Å². The first-order valence-electron chi connectivity index (χ1n) is 10.5.